The van der Waals surface area contributed by atoms with Crippen LogP contribution in [-0.4, -0.2) is 37.9 Å². The molecule has 8 heteroatoms. The molecule has 1 N–H and O–H groups in total. The average molecular weight is 391 g/mol. The third kappa shape index (κ3) is 7.37. The number of hydrogen-bond donors (Lipinski definition) is 1. The standard InChI is InChI=1S/C19H19ClN2O5/c1-2-25-19(24)13-27-17-6-4-3-5-14(17)11-21-22-18(23)12-26-16-9-7-15(20)8-10-16/h3-11H,2,12-13H2,1H3,(H,22,23)/b21-11-. The fraction of sp³-hybridized carbons (Fsp3) is 0.211. The van der Waals surface area contributed by atoms with Gasteiger partial charge in [-0.25, -0.2) is 10.2 Å². The lowest BCUT2D eigenvalue weighted by atomic mass is 10.2. The molecule has 7 nitrogen and oxygen atoms in total. The van der Waals surface area contributed by atoms with E-state index >= 15 is 0 Å². The van der Waals surface area contributed by atoms with Crippen molar-refractivity contribution in [2.24, 2.45) is 5.10 Å². The molecule has 0 aliphatic heterocycles. The maximum atomic E-state index is 11.8. The van der Waals surface area contributed by atoms with Crippen molar-refractivity contribution in [2.75, 3.05) is 19.8 Å². The van der Waals surface area contributed by atoms with Gasteiger partial charge in [0.05, 0.1) is 12.8 Å². The van der Waals surface area contributed by atoms with Gasteiger partial charge in [-0.15, -0.1) is 0 Å². The summed E-state index contributed by atoms with van der Waals surface area (Å²) >= 11 is 5.78. The van der Waals surface area contributed by atoms with E-state index in [-0.39, 0.29) is 19.8 Å². The van der Waals surface area contributed by atoms with Crippen LogP contribution in [0.1, 0.15) is 12.5 Å². The number of benzene rings is 2. The first-order valence-corrected chi connectivity index (χ1v) is 8.54. The Morgan fingerprint density at radius 1 is 1.07 bits per heavy atom. The molecule has 2 aromatic rings. The lowest BCUT2D eigenvalue weighted by Crippen LogP contribution is -2.24. The molecule has 2 aromatic carbocycles. The lowest BCUT2D eigenvalue weighted by molar-refractivity contribution is -0.145. The molecule has 0 spiro atoms. The molecule has 0 radical (unpaired) electrons. The van der Waals surface area contributed by atoms with Gasteiger partial charge in [0.1, 0.15) is 11.5 Å². The summed E-state index contributed by atoms with van der Waals surface area (Å²) in [6.45, 7) is 1.60. The number of para-hydroxylation sites is 1. The Kier molecular flexibility index (Phi) is 8.12. The zero-order valence-electron chi connectivity index (χ0n) is 14.7. The molecule has 0 aromatic heterocycles. The summed E-state index contributed by atoms with van der Waals surface area (Å²) in [6.07, 6.45) is 1.42. The molecule has 1 amide bonds. The minimum absolute atomic E-state index is 0.194. The van der Waals surface area contributed by atoms with Crippen LogP contribution in [0.25, 0.3) is 0 Å². The van der Waals surface area contributed by atoms with Crippen molar-refractivity contribution in [2.45, 2.75) is 6.92 Å². The minimum Gasteiger partial charge on any atom is -0.484 e. The van der Waals surface area contributed by atoms with Gasteiger partial charge in [-0.05, 0) is 43.3 Å². The summed E-state index contributed by atoms with van der Waals surface area (Å²) in [5.74, 6) is 0.0835. The predicted molar refractivity (Wildman–Crippen MR) is 101 cm³/mol. The zero-order valence-corrected chi connectivity index (χ0v) is 15.4. The molecule has 0 bridgehead atoms. The molecule has 27 heavy (non-hydrogen) atoms. The summed E-state index contributed by atoms with van der Waals surface area (Å²) in [5.41, 5.74) is 2.96. The van der Waals surface area contributed by atoms with Crippen molar-refractivity contribution in [1.29, 1.82) is 0 Å². The Morgan fingerprint density at radius 3 is 2.56 bits per heavy atom. The lowest BCUT2D eigenvalue weighted by Gasteiger charge is -2.08. The van der Waals surface area contributed by atoms with Crippen molar-refractivity contribution in [3.63, 3.8) is 0 Å². The number of hydrazone groups is 1. The molecule has 0 saturated heterocycles. The van der Waals surface area contributed by atoms with Gasteiger partial charge in [-0.2, -0.15) is 5.10 Å². The second kappa shape index (κ2) is 10.8. The minimum atomic E-state index is -0.461. The second-order valence-corrected chi connectivity index (χ2v) is 5.60. The van der Waals surface area contributed by atoms with E-state index < -0.39 is 11.9 Å². The Morgan fingerprint density at radius 2 is 1.81 bits per heavy atom. The highest BCUT2D eigenvalue weighted by Crippen LogP contribution is 2.16. The van der Waals surface area contributed by atoms with Crippen LogP contribution in [0.5, 0.6) is 11.5 Å². The molecular weight excluding hydrogens is 372 g/mol. The Bertz CT molecular complexity index is 793. The summed E-state index contributed by atoms with van der Waals surface area (Å²) in [4.78, 5) is 23.2. The fourth-order valence-electron chi connectivity index (χ4n) is 1.94. The van der Waals surface area contributed by atoms with E-state index in [1.54, 1.807) is 55.5 Å². The first kappa shape index (κ1) is 20.3. The van der Waals surface area contributed by atoms with Gasteiger partial charge in [0, 0.05) is 10.6 Å². The van der Waals surface area contributed by atoms with Crippen molar-refractivity contribution >= 4 is 29.7 Å². The Balaban J connectivity index is 1.83. The number of nitrogens with zero attached hydrogens (tertiary/aromatic N) is 1. The first-order valence-electron chi connectivity index (χ1n) is 8.16. The molecule has 0 unspecified atom stereocenters. The van der Waals surface area contributed by atoms with Crippen molar-refractivity contribution < 1.29 is 23.8 Å². The van der Waals surface area contributed by atoms with Crippen molar-refractivity contribution in [3.05, 3.63) is 59.1 Å². The second-order valence-electron chi connectivity index (χ2n) is 5.17. The summed E-state index contributed by atoms with van der Waals surface area (Å²) in [5, 5.41) is 4.45. The van der Waals surface area contributed by atoms with Gasteiger partial charge in [-0.3, -0.25) is 4.79 Å². The number of ether oxygens (including phenoxy) is 3. The normalized spacial score (nSPS) is 10.4. The van der Waals surface area contributed by atoms with E-state index in [1.807, 2.05) is 0 Å². The van der Waals surface area contributed by atoms with Crippen molar-refractivity contribution in [1.82, 2.24) is 5.43 Å². The van der Waals surface area contributed by atoms with Crippen LogP contribution in [0.3, 0.4) is 0 Å². The van der Waals surface area contributed by atoms with Gasteiger partial charge in [0.2, 0.25) is 0 Å². The molecule has 2 rings (SSSR count). The molecular formula is C19H19ClN2O5. The van der Waals surface area contributed by atoms with Crippen LogP contribution in [0, 0.1) is 0 Å². The van der Waals surface area contributed by atoms with Crippen molar-refractivity contribution in [3.8, 4) is 11.5 Å². The van der Waals surface area contributed by atoms with Crippen LogP contribution in [0.2, 0.25) is 5.02 Å². The van der Waals surface area contributed by atoms with E-state index in [2.05, 4.69) is 10.5 Å². The number of esters is 1. The Labute approximate surface area is 161 Å². The van der Waals surface area contributed by atoms with E-state index in [4.69, 9.17) is 25.8 Å². The molecule has 0 atom stereocenters. The first-order chi connectivity index (χ1) is 13.1. The van der Waals surface area contributed by atoms with Gasteiger partial charge in [0.25, 0.3) is 5.91 Å². The summed E-state index contributed by atoms with van der Waals surface area (Å²) < 4.78 is 15.5. The largest absolute Gasteiger partial charge is 0.484 e. The highest BCUT2D eigenvalue weighted by Gasteiger charge is 2.06. The molecule has 0 aliphatic carbocycles. The zero-order chi connectivity index (χ0) is 19.5. The number of amides is 1. The number of hydrogen-bond acceptors (Lipinski definition) is 6. The van der Waals surface area contributed by atoms with Crippen LogP contribution in [-0.2, 0) is 14.3 Å². The number of carbonyl (C=O) groups excluding carboxylic acids is 2. The molecule has 142 valence electrons. The van der Waals surface area contributed by atoms with Gasteiger partial charge >= 0.3 is 5.97 Å². The third-order valence-corrected chi connectivity index (χ3v) is 3.40. The molecule has 0 saturated carbocycles. The van der Waals surface area contributed by atoms with Gasteiger partial charge in [0.15, 0.2) is 13.2 Å². The highest BCUT2D eigenvalue weighted by molar-refractivity contribution is 6.30. The number of carbonyl (C=O) groups is 2. The SMILES string of the molecule is CCOC(=O)COc1ccccc1/C=N\NC(=O)COc1ccc(Cl)cc1. The van der Waals surface area contributed by atoms with Gasteiger partial charge in [-0.1, -0.05) is 23.7 Å². The number of nitrogens with one attached hydrogen (secondary N) is 1. The molecule has 0 fully saturated rings. The Hall–Kier alpha value is -3.06. The van der Waals surface area contributed by atoms with Gasteiger partial charge < -0.3 is 14.2 Å². The topological polar surface area (TPSA) is 86.2 Å². The van der Waals surface area contributed by atoms with E-state index in [1.165, 1.54) is 6.21 Å². The fourth-order valence-corrected chi connectivity index (χ4v) is 2.07. The molecule has 0 heterocycles. The van der Waals surface area contributed by atoms with E-state index in [0.717, 1.165) is 0 Å². The third-order valence-electron chi connectivity index (χ3n) is 3.15. The van der Waals surface area contributed by atoms with Crippen LogP contribution in [0.15, 0.2) is 53.6 Å². The summed E-state index contributed by atoms with van der Waals surface area (Å²) in [7, 11) is 0. The van der Waals surface area contributed by atoms with E-state index in [0.29, 0.717) is 22.1 Å². The highest BCUT2D eigenvalue weighted by atomic mass is 35.5. The number of halogens is 1. The quantitative estimate of drug-likeness (QED) is 0.404. The smallest absolute Gasteiger partial charge is 0.344 e. The number of rotatable bonds is 9. The monoisotopic (exact) mass is 390 g/mol. The molecule has 0 aliphatic rings. The van der Waals surface area contributed by atoms with Crippen LogP contribution < -0.4 is 14.9 Å². The van der Waals surface area contributed by atoms with Crippen LogP contribution >= 0.6 is 11.6 Å². The van der Waals surface area contributed by atoms with Crippen LogP contribution in [0.4, 0.5) is 0 Å². The summed E-state index contributed by atoms with van der Waals surface area (Å²) in [6, 6.07) is 13.6. The average Bonchev–Trinajstić information content (AvgIpc) is 2.67. The maximum Gasteiger partial charge on any atom is 0.344 e. The maximum absolute atomic E-state index is 11.8. The predicted octanol–water partition coefficient (Wildman–Crippen LogP) is 2.81. The van der Waals surface area contributed by atoms with E-state index in [9.17, 15) is 9.59 Å².